The van der Waals surface area contributed by atoms with Gasteiger partial charge in [0, 0.05) is 45.4 Å². The zero-order valence-corrected chi connectivity index (χ0v) is 15.8. The van der Waals surface area contributed by atoms with Crippen LogP contribution in [0.25, 0.3) is 0 Å². The largest absolute Gasteiger partial charge is 0.355 e. The number of rotatable bonds is 6. The van der Waals surface area contributed by atoms with Crippen LogP contribution >= 0.6 is 0 Å². The molecule has 1 fully saturated rings. The number of nitro benzene ring substituents is 1. The number of non-ortho nitro benzene ring substituents is 1. The maximum atomic E-state index is 12.3. The van der Waals surface area contributed by atoms with Gasteiger partial charge in [-0.1, -0.05) is 13.0 Å². The number of guanidine groups is 1. The van der Waals surface area contributed by atoms with E-state index in [0.717, 1.165) is 31.5 Å². The van der Waals surface area contributed by atoms with E-state index in [2.05, 4.69) is 26.9 Å². The number of nitro groups is 1. The molecule has 144 valence electrons. The van der Waals surface area contributed by atoms with Gasteiger partial charge in [0.25, 0.3) is 5.69 Å². The minimum absolute atomic E-state index is 0.124. The van der Waals surface area contributed by atoms with Crippen molar-refractivity contribution in [2.75, 3.05) is 33.2 Å². The molecule has 0 saturated carbocycles. The summed E-state index contributed by atoms with van der Waals surface area (Å²) in [7, 11) is -2.10. The number of benzene rings is 1. The molecule has 1 saturated heterocycles. The second-order valence-electron chi connectivity index (χ2n) is 6.32. The van der Waals surface area contributed by atoms with Gasteiger partial charge in [-0.3, -0.25) is 15.1 Å². The lowest BCUT2D eigenvalue weighted by atomic mass is 10.0. The van der Waals surface area contributed by atoms with E-state index in [9.17, 15) is 18.5 Å². The minimum Gasteiger partial charge on any atom is -0.355 e. The van der Waals surface area contributed by atoms with Crippen molar-refractivity contribution >= 4 is 21.7 Å². The average molecular weight is 383 g/mol. The third-order valence-electron chi connectivity index (χ3n) is 4.21. The van der Waals surface area contributed by atoms with Crippen LogP contribution in [0, 0.1) is 16.0 Å². The molecule has 1 aromatic rings. The summed E-state index contributed by atoms with van der Waals surface area (Å²) < 4.78 is 27.0. The molecule has 2 N–H and O–H groups in total. The third kappa shape index (κ3) is 5.40. The fraction of sp³-hybridized carbons (Fsp3) is 0.562. The Morgan fingerprint density at radius 2 is 2.19 bits per heavy atom. The summed E-state index contributed by atoms with van der Waals surface area (Å²) in [5.41, 5.74) is -0.259. The molecule has 1 heterocycles. The van der Waals surface area contributed by atoms with E-state index < -0.39 is 14.9 Å². The van der Waals surface area contributed by atoms with Crippen molar-refractivity contribution in [1.29, 1.82) is 0 Å². The molecule has 0 aromatic heterocycles. The molecule has 1 aromatic carbocycles. The van der Waals surface area contributed by atoms with Gasteiger partial charge in [0.15, 0.2) is 5.96 Å². The maximum absolute atomic E-state index is 12.3. The first kappa shape index (κ1) is 20.1. The van der Waals surface area contributed by atoms with Crippen molar-refractivity contribution in [3.05, 3.63) is 34.4 Å². The number of piperidine rings is 1. The van der Waals surface area contributed by atoms with Crippen LogP contribution in [0.2, 0.25) is 0 Å². The van der Waals surface area contributed by atoms with Gasteiger partial charge in [0.2, 0.25) is 10.0 Å². The third-order valence-corrected chi connectivity index (χ3v) is 5.67. The highest BCUT2D eigenvalue weighted by Crippen LogP contribution is 2.17. The zero-order chi connectivity index (χ0) is 19.2. The summed E-state index contributed by atoms with van der Waals surface area (Å²) in [6.45, 7) is 4.58. The van der Waals surface area contributed by atoms with Gasteiger partial charge in [-0.2, -0.15) is 0 Å². The average Bonchev–Trinajstić information content (AvgIpc) is 2.62. The van der Waals surface area contributed by atoms with E-state index in [-0.39, 0.29) is 17.1 Å². The molecule has 0 bridgehead atoms. The van der Waals surface area contributed by atoms with Gasteiger partial charge in [-0.15, -0.1) is 0 Å². The Hall–Kier alpha value is -2.20. The van der Waals surface area contributed by atoms with E-state index in [1.54, 1.807) is 7.05 Å². The van der Waals surface area contributed by atoms with Crippen LogP contribution < -0.4 is 10.0 Å². The lowest BCUT2D eigenvalue weighted by Gasteiger charge is -2.33. The summed E-state index contributed by atoms with van der Waals surface area (Å²) in [4.78, 5) is 16.5. The molecule has 0 radical (unpaired) electrons. The summed E-state index contributed by atoms with van der Waals surface area (Å²) in [6, 6.07) is 4.98. The van der Waals surface area contributed by atoms with Crippen molar-refractivity contribution in [1.82, 2.24) is 14.9 Å². The molecule has 0 spiro atoms. The predicted octanol–water partition coefficient (Wildman–Crippen LogP) is 1.18. The summed E-state index contributed by atoms with van der Waals surface area (Å²) in [5.74, 6) is 1.36. The maximum Gasteiger partial charge on any atom is 0.270 e. The van der Waals surface area contributed by atoms with Crippen LogP contribution in [0.4, 0.5) is 5.69 Å². The van der Waals surface area contributed by atoms with Gasteiger partial charge in [-0.25, -0.2) is 13.1 Å². The van der Waals surface area contributed by atoms with Gasteiger partial charge in [-0.05, 0) is 24.8 Å². The van der Waals surface area contributed by atoms with Gasteiger partial charge < -0.3 is 10.2 Å². The van der Waals surface area contributed by atoms with Crippen molar-refractivity contribution < 1.29 is 13.3 Å². The topological polar surface area (TPSA) is 117 Å². The summed E-state index contributed by atoms with van der Waals surface area (Å²) in [6.07, 6.45) is 2.32. The fourth-order valence-corrected chi connectivity index (χ4v) is 3.99. The van der Waals surface area contributed by atoms with Crippen LogP contribution in [0.3, 0.4) is 0 Å². The second kappa shape index (κ2) is 8.95. The molecular weight excluding hydrogens is 358 g/mol. The molecule has 1 atom stereocenters. The predicted molar refractivity (Wildman–Crippen MR) is 99.6 cm³/mol. The standard InChI is InChI=1S/C16H25N5O4S/c1-13-5-4-10-20(12-13)16(17-2)18-8-9-19-26(24,25)15-7-3-6-14(11-15)21(22)23/h3,6-7,11,13,19H,4-5,8-10,12H2,1-2H3,(H,17,18). The molecule has 1 aliphatic rings. The highest BCUT2D eigenvalue weighted by Gasteiger charge is 2.20. The SMILES string of the molecule is CN=C(NCCNS(=O)(=O)c1cccc([N+](=O)[O-])c1)N1CCCC(C)C1. The number of aliphatic imine (C=N–C) groups is 1. The Bertz CT molecular complexity index is 766. The van der Waals surface area contributed by atoms with Crippen LogP contribution in [-0.4, -0.2) is 57.4 Å². The lowest BCUT2D eigenvalue weighted by molar-refractivity contribution is -0.385. The Labute approximate surface area is 153 Å². The van der Waals surface area contributed by atoms with E-state index in [1.807, 2.05) is 0 Å². The molecule has 1 aliphatic heterocycles. The van der Waals surface area contributed by atoms with Crippen LogP contribution in [0.5, 0.6) is 0 Å². The van der Waals surface area contributed by atoms with Gasteiger partial charge in [0.1, 0.15) is 0 Å². The number of nitrogens with zero attached hydrogens (tertiary/aromatic N) is 3. The van der Waals surface area contributed by atoms with Gasteiger partial charge in [0.05, 0.1) is 9.82 Å². The first-order chi connectivity index (χ1) is 12.3. The van der Waals surface area contributed by atoms with Crippen molar-refractivity contribution in [2.45, 2.75) is 24.7 Å². The van der Waals surface area contributed by atoms with Crippen molar-refractivity contribution in [3.8, 4) is 0 Å². The molecule has 26 heavy (non-hydrogen) atoms. The Balaban J connectivity index is 1.88. The minimum atomic E-state index is -3.80. The monoisotopic (exact) mass is 383 g/mol. The molecule has 10 heteroatoms. The molecule has 0 amide bonds. The number of nitrogens with one attached hydrogen (secondary N) is 2. The Morgan fingerprint density at radius 1 is 1.42 bits per heavy atom. The number of hydrogen-bond donors (Lipinski definition) is 2. The first-order valence-corrected chi connectivity index (χ1v) is 10.0. The molecule has 0 aliphatic carbocycles. The molecule has 2 rings (SSSR count). The van der Waals surface area contributed by atoms with Crippen LogP contribution in [0.15, 0.2) is 34.2 Å². The normalized spacial score (nSPS) is 18.6. The smallest absolute Gasteiger partial charge is 0.270 e. The highest BCUT2D eigenvalue weighted by molar-refractivity contribution is 7.89. The van der Waals surface area contributed by atoms with Crippen molar-refractivity contribution in [2.24, 2.45) is 10.9 Å². The molecular formula is C16H25N5O4S. The van der Waals surface area contributed by atoms with E-state index in [1.165, 1.54) is 24.6 Å². The Morgan fingerprint density at radius 3 is 2.85 bits per heavy atom. The van der Waals surface area contributed by atoms with Crippen LogP contribution in [0.1, 0.15) is 19.8 Å². The number of likely N-dealkylation sites (tertiary alicyclic amines) is 1. The van der Waals surface area contributed by atoms with E-state index in [0.29, 0.717) is 12.5 Å². The molecule has 1 unspecified atom stereocenters. The first-order valence-electron chi connectivity index (χ1n) is 8.53. The van der Waals surface area contributed by atoms with E-state index in [4.69, 9.17) is 0 Å². The summed E-state index contributed by atoms with van der Waals surface area (Å²) in [5, 5.41) is 13.9. The number of hydrogen-bond acceptors (Lipinski definition) is 5. The summed E-state index contributed by atoms with van der Waals surface area (Å²) >= 11 is 0. The molecule has 9 nitrogen and oxygen atoms in total. The van der Waals surface area contributed by atoms with Crippen LogP contribution in [-0.2, 0) is 10.0 Å². The Kier molecular flexibility index (Phi) is 6.92. The lowest BCUT2D eigenvalue weighted by Crippen LogP contribution is -2.47. The van der Waals surface area contributed by atoms with Gasteiger partial charge >= 0.3 is 0 Å². The quantitative estimate of drug-likeness (QED) is 0.250. The fourth-order valence-electron chi connectivity index (χ4n) is 2.92. The zero-order valence-electron chi connectivity index (χ0n) is 15.0. The van der Waals surface area contributed by atoms with Crippen molar-refractivity contribution in [3.63, 3.8) is 0 Å². The van der Waals surface area contributed by atoms with E-state index >= 15 is 0 Å². The highest BCUT2D eigenvalue weighted by atomic mass is 32.2. The second-order valence-corrected chi connectivity index (χ2v) is 8.09. The number of sulfonamides is 1.